The summed E-state index contributed by atoms with van der Waals surface area (Å²) in [6.07, 6.45) is -4.48. The number of nitrogens with zero attached hydrogens (tertiary/aromatic N) is 2. The van der Waals surface area contributed by atoms with E-state index >= 15 is 0 Å². The highest BCUT2D eigenvalue weighted by Crippen LogP contribution is 2.31. The number of carbonyl (C=O) groups is 1. The number of fused-ring (bicyclic) bond motifs is 1. The minimum Gasteiger partial charge on any atom is -0.325 e. The summed E-state index contributed by atoms with van der Waals surface area (Å²) in [5, 5.41) is 3.11. The van der Waals surface area contributed by atoms with Crippen molar-refractivity contribution >= 4 is 34.2 Å². The van der Waals surface area contributed by atoms with Crippen molar-refractivity contribution in [1.82, 2.24) is 9.55 Å². The van der Waals surface area contributed by atoms with Crippen molar-refractivity contribution in [2.75, 3.05) is 5.32 Å². The highest BCUT2D eigenvalue weighted by atomic mass is 35.5. The highest BCUT2D eigenvalue weighted by molar-refractivity contribution is 6.30. The Morgan fingerprint density at radius 3 is 2.47 bits per heavy atom. The van der Waals surface area contributed by atoms with Gasteiger partial charge in [0.05, 0.1) is 16.6 Å². The van der Waals surface area contributed by atoms with Crippen molar-refractivity contribution in [1.29, 1.82) is 0 Å². The molecule has 0 aliphatic carbocycles. The third-order valence-corrected chi connectivity index (χ3v) is 4.78. The summed E-state index contributed by atoms with van der Waals surface area (Å²) >= 11 is 5.97. The second kappa shape index (κ2) is 7.84. The molecule has 4 nitrogen and oxygen atoms in total. The molecule has 0 unspecified atom stereocenters. The number of halogens is 4. The van der Waals surface area contributed by atoms with E-state index in [2.05, 4.69) is 10.3 Å². The summed E-state index contributed by atoms with van der Waals surface area (Å²) in [5.41, 5.74) is 1.46. The average molecular weight is 430 g/mol. The number of para-hydroxylation sites is 2. The maximum atomic E-state index is 12.9. The highest BCUT2D eigenvalue weighted by Gasteiger charge is 2.30. The molecular weight excluding hydrogens is 415 g/mol. The molecule has 0 saturated heterocycles. The lowest BCUT2D eigenvalue weighted by Crippen LogP contribution is -2.19. The van der Waals surface area contributed by atoms with Gasteiger partial charge in [-0.3, -0.25) is 4.79 Å². The SMILES string of the molecule is O=C(Cn1c(-c2ccc(Cl)cc2)nc2ccccc21)Nc1cccc(C(F)(F)F)c1. The summed E-state index contributed by atoms with van der Waals surface area (Å²) in [4.78, 5) is 17.3. The van der Waals surface area contributed by atoms with E-state index in [9.17, 15) is 18.0 Å². The summed E-state index contributed by atoms with van der Waals surface area (Å²) in [7, 11) is 0. The molecule has 1 heterocycles. The van der Waals surface area contributed by atoms with Gasteiger partial charge in [0.2, 0.25) is 5.91 Å². The minimum absolute atomic E-state index is 0.0762. The molecule has 0 spiro atoms. The fraction of sp³-hybridized carbons (Fsp3) is 0.0909. The van der Waals surface area contributed by atoms with Crippen molar-refractivity contribution in [2.45, 2.75) is 12.7 Å². The molecular formula is C22H15ClF3N3O. The van der Waals surface area contributed by atoms with Crippen LogP contribution in [0.25, 0.3) is 22.4 Å². The molecule has 8 heteroatoms. The Morgan fingerprint density at radius 1 is 1.00 bits per heavy atom. The minimum atomic E-state index is -4.48. The third kappa shape index (κ3) is 4.16. The van der Waals surface area contributed by atoms with Gasteiger partial charge in [0.25, 0.3) is 0 Å². The Hall–Kier alpha value is -3.32. The van der Waals surface area contributed by atoms with Gasteiger partial charge >= 0.3 is 6.18 Å². The second-order valence-corrected chi connectivity index (χ2v) is 7.08. The number of benzene rings is 3. The number of rotatable bonds is 4. The Labute approximate surface area is 174 Å². The van der Waals surface area contributed by atoms with Gasteiger partial charge < -0.3 is 9.88 Å². The summed E-state index contributed by atoms with van der Waals surface area (Å²) in [5.74, 6) is 0.0970. The van der Waals surface area contributed by atoms with Crippen LogP contribution in [0.1, 0.15) is 5.56 Å². The van der Waals surface area contributed by atoms with Crippen molar-refractivity contribution in [3.63, 3.8) is 0 Å². The van der Waals surface area contributed by atoms with Crippen LogP contribution < -0.4 is 5.32 Å². The van der Waals surface area contributed by atoms with E-state index in [1.54, 1.807) is 28.8 Å². The topological polar surface area (TPSA) is 46.9 Å². The number of alkyl halides is 3. The molecule has 0 aliphatic rings. The van der Waals surface area contributed by atoms with Crippen LogP contribution in [0.2, 0.25) is 5.02 Å². The first-order valence-electron chi connectivity index (χ1n) is 8.99. The molecule has 4 rings (SSSR count). The first kappa shape index (κ1) is 20.0. The largest absolute Gasteiger partial charge is 0.416 e. The standard InChI is InChI=1S/C22H15ClF3N3O/c23-16-10-8-14(9-11-16)21-28-18-6-1-2-7-19(18)29(21)13-20(30)27-17-5-3-4-15(12-17)22(24,25)26/h1-12H,13H2,(H,27,30). The maximum absolute atomic E-state index is 12.9. The van der Waals surface area contributed by atoms with Crippen LogP contribution >= 0.6 is 11.6 Å². The van der Waals surface area contributed by atoms with Crippen LogP contribution in [0.3, 0.4) is 0 Å². The Morgan fingerprint density at radius 2 is 1.73 bits per heavy atom. The molecule has 0 aliphatic heterocycles. The van der Waals surface area contributed by atoms with E-state index in [1.807, 2.05) is 24.3 Å². The maximum Gasteiger partial charge on any atom is 0.416 e. The van der Waals surface area contributed by atoms with Gasteiger partial charge in [-0.25, -0.2) is 4.98 Å². The van der Waals surface area contributed by atoms with Crippen LogP contribution in [0.15, 0.2) is 72.8 Å². The van der Waals surface area contributed by atoms with Gasteiger partial charge in [-0.1, -0.05) is 29.8 Å². The van der Waals surface area contributed by atoms with Gasteiger partial charge in [-0.15, -0.1) is 0 Å². The number of imidazole rings is 1. The van der Waals surface area contributed by atoms with Gasteiger partial charge in [-0.05, 0) is 54.6 Å². The van der Waals surface area contributed by atoms with E-state index < -0.39 is 17.6 Å². The number of nitrogens with one attached hydrogen (secondary N) is 1. The lowest BCUT2D eigenvalue weighted by atomic mass is 10.2. The summed E-state index contributed by atoms with van der Waals surface area (Å²) < 4.78 is 40.5. The molecule has 0 fully saturated rings. The molecule has 0 radical (unpaired) electrons. The molecule has 30 heavy (non-hydrogen) atoms. The number of hydrogen-bond donors (Lipinski definition) is 1. The fourth-order valence-electron chi connectivity index (χ4n) is 3.17. The van der Waals surface area contributed by atoms with E-state index in [0.717, 1.165) is 23.2 Å². The van der Waals surface area contributed by atoms with Gasteiger partial charge in [-0.2, -0.15) is 13.2 Å². The smallest absolute Gasteiger partial charge is 0.325 e. The molecule has 0 atom stereocenters. The summed E-state index contributed by atoms with van der Waals surface area (Å²) in [6.45, 7) is -0.116. The monoisotopic (exact) mass is 429 g/mol. The van der Waals surface area contributed by atoms with E-state index in [4.69, 9.17) is 11.6 Å². The Bertz CT molecular complexity index is 1220. The van der Waals surface area contributed by atoms with Gasteiger partial charge in [0.15, 0.2) is 0 Å². The molecule has 0 bridgehead atoms. The Balaban J connectivity index is 1.66. The van der Waals surface area contributed by atoms with Crippen molar-refractivity contribution < 1.29 is 18.0 Å². The molecule has 3 aromatic carbocycles. The third-order valence-electron chi connectivity index (χ3n) is 4.53. The van der Waals surface area contributed by atoms with Crippen LogP contribution in [0, 0.1) is 0 Å². The van der Waals surface area contributed by atoms with E-state index in [-0.39, 0.29) is 12.2 Å². The average Bonchev–Trinajstić information content (AvgIpc) is 3.06. The first-order chi connectivity index (χ1) is 14.3. The number of hydrogen-bond acceptors (Lipinski definition) is 2. The molecule has 1 aromatic heterocycles. The predicted octanol–water partition coefficient (Wildman–Crippen LogP) is 6.01. The zero-order valence-electron chi connectivity index (χ0n) is 15.4. The molecule has 0 saturated carbocycles. The van der Waals surface area contributed by atoms with Crippen molar-refractivity contribution in [3.8, 4) is 11.4 Å². The van der Waals surface area contributed by atoms with Crippen LogP contribution in [-0.4, -0.2) is 15.5 Å². The van der Waals surface area contributed by atoms with Crippen molar-refractivity contribution in [3.05, 3.63) is 83.4 Å². The van der Waals surface area contributed by atoms with E-state index in [0.29, 0.717) is 16.4 Å². The Kier molecular flexibility index (Phi) is 5.22. The molecule has 4 aromatic rings. The second-order valence-electron chi connectivity index (χ2n) is 6.64. The molecule has 1 N–H and O–H groups in total. The fourth-order valence-corrected chi connectivity index (χ4v) is 3.30. The molecule has 1 amide bonds. The zero-order chi connectivity index (χ0) is 21.3. The number of amides is 1. The molecule has 152 valence electrons. The quantitative estimate of drug-likeness (QED) is 0.431. The first-order valence-corrected chi connectivity index (χ1v) is 9.37. The number of carbonyl (C=O) groups excluding carboxylic acids is 1. The normalized spacial score (nSPS) is 11.6. The lowest BCUT2D eigenvalue weighted by Gasteiger charge is -2.12. The van der Waals surface area contributed by atoms with Gasteiger partial charge in [0, 0.05) is 16.3 Å². The predicted molar refractivity (Wildman–Crippen MR) is 110 cm³/mol. The summed E-state index contributed by atoms with van der Waals surface area (Å²) in [6, 6.07) is 18.9. The van der Waals surface area contributed by atoms with Gasteiger partial charge in [0.1, 0.15) is 12.4 Å². The zero-order valence-corrected chi connectivity index (χ0v) is 16.2. The van der Waals surface area contributed by atoms with Crippen LogP contribution in [-0.2, 0) is 17.5 Å². The van der Waals surface area contributed by atoms with Crippen molar-refractivity contribution in [2.24, 2.45) is 0 Å². The van der Waals surface area contributed by atoms with E-state index in [1.165, 1.54) is 12.1 Å². The van der Waals surface area contributed by atoms with Crippen LogP contribution in [0.4, 0.5) is 18.9 Å². The van der Waals surface area contributed by atoms with Crippen LogP contribution in [0.5, 0.6) is 0 Å². The number of aromatic nitrogens is 2. The number of anilines is 1. The lowest BCUT2D eigenvalue weighted by molar-refractivity contribution is -0.137.